The first-order valence-corrected chi connectivity index (χ1v) is 14.2. The fourth-order valence-electron chi connectivity index (χ4n) is 5.28. The summed E-state index contributed by atoms with van der Waals surface area (Å²) in [7, 11) is 0. The number of nitrogens with one attached hydrogen (secondary N) is 3. The molecule has 10 heteroatoms. The Balaban J connectivity index is 1.44. The highest BCUT2D eigenvalue weighted by Gasteiger charge is 2.27. The van der Waals surface area contributed by atoms with Gasteiger partial charge in [-0.1, -0.05) is 31.2 Å². The van der Waals surface area contributed by atoms with Crippen molar-refractivity contribution in [2.24, 2.45) is 0 Å². The number of pyridine rings is 2. The van der Waals surface area contributed by atoms with E-state index in [1.165, 1.54) is 21.8 Å². The van der Waals surface area contributed by atoms with Gasteiger partial charge in [-0.25, -0.2) is 4.98 Å². The van der Waals surface area contributed by atoms with Crippen LogP contribution in [0.4, 0.5) is 10.7 Å². The molecular weight excluding hydrogens is 524 g/mol. The van der Waals surface area contributed by atoms with Crippen LogP contribution in [-0.4, -0.2) is 25.8 Å². The number of carbonyl (C=O) groups excluding carboxylic acids is 2. The molecule has 0 saturated heterocycles. The minimum atomic E-state index is -0.540. The van der Waals surface area contributed by atoms with E-state index in [-0.39, 0.29) is 27.9 Å². The molecule has 40 heavy (non-hydrogen) atoms. The Labute approximate surface area is 233 Å². The summed E-state index contributed by atoms with van der Waals surface area (Å²) in [6.45, 7) is 2.39. The number of fused-ring (bicyclic) bond motifs is 3. The number of benzene rings is 1. The summed E-state index contributed by atoms with van der Waals surface area (Å²) < 4.78 is 3.05. The minimum Gasteiger partial charge on any atom is -0.322 e. The number of amides is 2. The lowest BCUT2D eigenvalue weighted by Gasteiger charge is -2.15. The van der Waals surface area contributed by atoms with Crippen LogP contribution in [0.2, 0.25) is 0 Å². The Morgan fingerprint density at radius 3 is 2.60 bits per heavy atom. The van der Waals surface area contributed by atoms with Gasteiger partial charge in [0.05, 0.1) is 16.5 Å². The molecule has 0 saturated carbocycles. The minimum absolute atomic E-state index is 0.0318. The first-order chi connectivity index (χ1) is 19.5. The zero-order valence-corrected chi connectivity index (χ0v) is 22.8. The van der Waals surface area contributed by atoms with E-state index in [4.69, 9.17) is 5.41 Å². The van der Waals surface area contributed by atoms with Crippen LogP contribution in [0.15, 0.2) is 65.6 Å². The standard InChI is InChI=1S/C30H28N6O3S/c1-2-15-36-25(31)20(17-21-26(36)33-23-14-8-9-16-35(23)30(21)39)27(37)34-29-24(19-12-6-7-13-22(19)40-29)28(38)32-18-10-4-3-5-11-18/h3-5,8-11,14,16-17,31H,2,6-7,12-13,15H2,1H3,(H,32,38)(H,34,37). The van der Waals surface area contributed by atoms with E-state index in [2.05, 4.69) is 15.6 Å². The van der Waals surface area contributed by atoms with Crippen LogP contribution in [-0.2, 0) is 19.4 Å². The first kappa shape index (κ1) is 25.7. The molecule has 1 aliphatic rings. The molecule has 3 N–H and O–H groups in total. The van der Waals surface area contributed by atoms with E-state index < -0.39 is 5.91 Å². The monoisotopic (exact) mass is 552 g/mol. The van der Waals surface area contributed by atoms with Gasteiger partial charge in [-0.2, -0.15) is 0 Å². The molecule has 1 aliphatic carbocycles. The molecule has 0 fully saturated rings. The highest BCUT2D eigenvalue weighted by atomic mass is 32.1. The molecule has 9 nitrogen and oxygen atoms in total. The van der Waals surface area contributed by atoms with Gasteiger partial charge in [0.2, 0.25) is 0 Å². The molecule has 4 aromatic heterocycles. The van der Waals surface area contributed by atoms with Crippen LogP contribution in [0.3, 0.4) is 0 Å². The molecule has 0 radical (unpaired) electrons. The molecule has 2 amide bonds. The number of hydrogen-bond donors (Lipinski definition) is 3. The van der Waals surface area contributed by atoms with Crippen LogP contribution < -0.4 is 21.7 Å². The normalized spacial score (nSPS) is 12.8. The van der Waals surface area contributed by atoms with Gasteiger partial charge in [0.25, 0.3) is 17.4 Å². The molecule has 0 spiro atoms. The van der Waals surface area contributed by atoms with Crippen LogP contribution in [0, 0.1) is 5.41 Å². The SMILES string of the molecule is CCCn1c(=N)c(C(=O)Nc2sc3c(c2C(=O)Nc2ccccc2)CCCC3)cc2c(=O)n3ccccc3nc21. The van der Waals surface area contributed by atoms with Crippen molar-refractivity contribution in [1.29, 1.82) is 5.41 Å². The quantitative estimate of drug-likeness (QED) is 0.257. The fourth-order valence-corrected chi connectivity index (χ4v) is 6.56. The number of anilines is 2. The van der Waals surface area contributed by atoms with Crippen LogP contribution >= 0.6 is 11.3 Å². The smallest absolute Gasteiger partial charge is 0.267 e. The average Bonchev–Trinajstić information content (AvgIpc) is 3.33. The number of para-hydroxylation sites is 1. The van der Waals surface area contributed by atoms with Gasteiger partial charge in [-0.3, -0.25) is 24.2 Å². The van der Waals surface area contributed by atoms with Crippen molar-refractivity contribution in [2.45, 2.75) is 45.6 Å². The molecule has 202 valence electrons. The maximum Gasteiger partial charge on any atom is 0.267 e. The van der Waals surface area contributed by atoms with E-state index in [0.717, 1.165) is 36.1 Å². The van der Waals surface area contributed by atoms with Crippen molar-refractivity contribution in [3.05, 3.63) is 98.2 Å². The molecule has 0 atom stereocenters. The number of aryl methyl sites for hydroxylation is 2. The second kappa shape index (κ2) is 10.5. The van der Waals surface area contributed by atoms with Gasteiger partial charge in [0, 0.05) is 23.3 Å². The lowest BCUT2D eigenvalue weighted by atomic mass is 9.95. The number of rotatable bonds is 6. The lowest BCUT2D eigenvalue weighted by molar-refractivity contribution is 0.102. The molecular formula is C30H28N6O3S. The lowest BCUT2D eigenvalue weighted by Crippen LogP contribution is -2.32. The first-order valence-electron chi connectivity index (χ1n) is 13.4. The summed E-state index contributed by atoms with van der Waals surface area (Å²) in [4.78, 5) is 46.4. The Hall–Kier alpha value is -4.57. The number of aromatic nitrogens is 3. The predicted octanol–water partition coefficient (Wildman–Crippen LogP) is 4.98. The third-order valence-corrected chi connectivity index (χ3v) is 8.37. The molecule has 0 unspecified atom stereocenters. The van der Waals surface area contributed by atoms with E-state index in [0.29, 0.717) is 40.5 Å². The van der Waals surface area contributed by atoms with Crippen LogP contribution in [0.25, 0.3) is 16.7 Å². The second-order valence-corrected chi connectivity index (χ2v) is 10.9. The van der Waals surface area contributed by atoms with Gasteiger partial charge in [-0.15, -0.1) is 11.3 Å². The van der Waals surface area contributed by atoms with Gasteiger partial charge < -0.3 is 15.2 Å². The van der Waals surface area contributed by atoms with Crippen molar-refractivity contribution in [2.75, 3.05) is 10.6 Å². The van der Waals surface area contributed by atoms with E-state index in [1.54, 1.807) is 29.0 Å². The zero-order valence-electron chi connectivity index (χ0n) is 22.0. The van der Waals surface area contributed by atoms with Crippen LogP contribution in [0.5, 0.6) is 0 Å². The number of carbonyl (C=O) groups is 2. The van der Waals surface area contributed by atoms with Crippen LogP contribution in [0.1, 0.15) is 57.3 Å². The Morgan fingerprint density at radius 2 is 1.80 bits per heavy atom. The van der Waals surface area contributed by atoms with Crippen molar-refractivity contribution < 1.29 is 9.59 Å². The van der Waals surface area contributed by atoms with Gasteiger partial charge in [-0.05, 0) is 68.0 Å². The Morgan fingerprint density at radius 1 is 1.02 bits per heavy atom. The zero-order chi connectivity index (χ0) is 27.8. The van der Waals surface area contributed by atoms with Gasteiger partial charge >= 0.3 is 0 Å². The molecule has 4 heterocycles. The second-order valence-electron chi connectivity index (χ2n) is 9.83. The topological polar surface area (TPSA) is 121 Å². The molecule has 6 rings (SSSR count). The average molecular weight is 553 g/mol. The van der Waals surface area contributed by atoms with Crippen molar-refractivity contribution >= 4 is 50.5 Å². The molecule has 5 aromatic rings. The maximum absolute atomic E-state index is 13.8. The summed E-state index contributed by atoms with van der Waals surface area (Å²) in [6, 6.07) is 15.9. The number of thiophene rings is 1. The number of hydrogen-bond acceptors (Lipinski definition) is 6. The summed E-state index contributed by atoms with van der Waals surface area (Å²) in [5, 5.41) is 15.5. The third kappa shape index (κ3) is 4.50. The maximum atomic E-state index is 13.8. The predicted molar refractivity (Wildman–Crippen MR) is 156 cm³/mol. The van der Waals surface area contributed by atoms with E-state index >= 15 is 0 Å². The summed E-state index contributed by atoms with van der Waals surface area (Å²) >= 11 is 1.41. The van der Waals surface area contributed by atoms with Crippen molar-refractivity contribution in [1.82, 2.24) is 14.0 Å². The molecule has 1 aromatic carbocycles. The van der Waals surface area contributed by atoms with Gasteiger partial charge in [0.1, 0.15) is 21.8 Å². The third-order valence-electron chi connectivity index (χ3n) is 7.17. The van der Waals surface area contributed by atoms with Crippen molar-refractivity contribution in [3.8, 4) is 0 Å². The highest BCUT2D eigenvalue weighted by Crippen LogP contribution is 2.38. The Bertz CT molecular complexity index is 1900. The highest BCUT2D eigenvalue weighted by molar-refractivity contribution is 7.17. The largest absolute Gasteiger partial charge is 0.322 e. The summed E-state index contributed by atoms with van der Waals surface area (Å²) in [5.74, 6) is -0.817. The number of nitrogens with zero attached hydrogens (tertiary/aromatic N) is 3. The van der Waals surface area contributed by atoms with Crippen molar-refractivity contribution in [3.63, 3.8) is 0 Å². The Kier molecular flexibility index (Phi) is 6.77. The van der Waals surface area contributed by atoms with Gasteiger partial charge in [0.15, 0.2) is 0 Å². The fraction of sp³-hybridized carbons (Fsp3) is 0.233. The van der Waals surface area contributed by atoms with E-state index in [9.17, 15) is 14.4 Å². The summed E-state index contributed by atoms with van der Waals surface area (Å²) in [6.07, 6.45) is 5.96. The summed E-state index contributed by atoms with van der Waals surface area (Å²) in [5.41, 5.74) is 2.66. The molecule has 0 bridgehead atoms. The molecule has 0 aliphatic heterocycles. The van der Waals surface area contributed by atoms with E-state index in [1.807, 2.05) is 37.3 Å².